The molecule has 0 N–H and O–H groups in total. The lowest BCUT2D eigenvalue weighted by atomic mass is 10.0. The summed E-state index contributed by atoms with van der Waals surface area (Å²) in [4.78, 5) is 16.4. The van der Waals surface area contributed by atoms with E-state index < -0.39 is 4.92 Å². The Labute approximate surface area is 126 Å². The minimum atomic E-state index is -0.438. The van der Waals surface area contributed by atoms with Crippen molar-refractivity contribution in [1.29, 1.82) is 0 Å². The van der Waals surface area contributed by atoms with Crippen molar-refractivity contribution < 1.29 is 4.92 Å². The van der Waals surface area contributed by atoms with Crippen molar-refractivity contribution in [3.63, 3.8) is 0 Å². The molecule has 0 spiro atoms. The number of benzene rings is 1. The molecule has 1 saturated heterocycles. The zero-order chi connectivity index (χ0) is 14.8. The lowest BCUT2D eigenvalue weighted by Crippen LogP contribution is -2.35. The second kappa shape index (κ2) is 5.69. The molecule has 1 fully saturated rings. The molecule has 1 aliphatic rings. The summed E-state index contributed by atoms with van der Waals surface area (Å²) in [6.45, 7) is 1.67. The van der Waals surface area contributed by atoms with Gasteiger partial charge in [0.05, 0.1) is 21.7 Å². The molecule has 1 aromatic heterocycles. The van der Waals surface area contributed by atoms with Gasteiger partial charge in [-0.15, -0.1) is 0 Å². The van der Waals surface area contributed by atoms with Crippen LogP contribution in [0.4, 0.5) is 11.4 Å². The van der Waals surface area contributed by atoms with E-state index >= 15 is 0 Å². The average Bonchev–Trinajstić information content (AvgIpc) is 3.01. The van der Waals surface area contributed by atoms with Crippen LogP contribution in [0.5, 0.6) is 0 Å². The third kappa shape index (κ3) is 2.82. The highest BCUT2D eigenvalue weighted by molar-refractivity contribution is 6.33. The highest BCUT2D eigenvalue weighted by atomic mass is 35.5. The molecule has 1 aliphatic heterocycles. The molecule has 0 amide bonds. The Morgan fingerprint density at radius 3 is 2.67 bits per heavy atom. The van der Waals surface area contributed by atoms with E-state index in [1.807, 2.05) is 4.68 Å². The Morgan fingerprint density at radius 1 is 1.33 bits per heavy atom. The number of rotatable bonds is 3. The zero-order valence-electron chi connectivity index (χ0n) is 11.2. The molecule has 21 heavy (non-hydrogen) atoms. The van der Waals surface area contributed by atoms with E-state index in [0.717, 1.165) is 31.6 Å². The van der Waals surface area contributed by atoms with Gasteiger partial charge in [0.1, 0.15) is 12.7 Å². The van der Waals surface area contributed by atoms with Gasteiger partial charge in [-0.05, 0) is 18.9 Å². The summed E-state index contributed by atoms with van der Waals surface area (Å²) >= 11 is 6.17. The topological polar surface area (TPSA) is 77.1 Å². The molecule has 2 heterocycles. The maximum absolute atomic E-state index is 10.7. The normalized spacial score (nSPS) is 16.1. The average molecular weight is 308 g/mol. The second-order valence-corrected chi connectivity index (χ2v) is 5.39. The highest BCUT2D eigenvalue weighted by Crippen LogP contribution is 2.33. The minimum Gasteiger partial charge on any atom is -0.370 e. The summed E-state index contributed by atoms with van der Waals surface area (Å²) in [6, 6.07) is 4.96. The Hall–Kier alpha value is -2.15. The minimum absolute atomic E-state index is 0.0150. The van der Waals surface area contributed by atoms with Gasteiger partial charge >= 0.3 is 0 Å². The predicted octanol–water partition coefficient (Wildman–Crippen LogP) is 2.68. The van der Waals surface area contributed by atoms with Gasteiger partial charge in [0, 0.05) is 25.2 Å². The van der Waals surface area contributed by atoms with Crippen molar-refractivity contribution in [2.75, 3.05) is 18.0 Å². The quantitative estimate of drug-likeness (QED) is 0.643. The summed E-state index contributed by atoms with van der Waals surface area (Å²) in [6.07, 6.45) is 5.16. The maximum Gasteiger partial charge on any atom is 0.271 e. The van der Waals surface area contributed by atoms with E-state index in [4.69, 9.17) is 11.6 Å². The first-order valence-electron chi connectivity index (χ1n) is 6.68. The predicted molar refractivity (Wildman–Crippen MR) is 78.6 cm³/mol. The first-order chi connectivity index (χ1) is 10.1. The van der Waals surface area contributed by atoms with E-state index in [-0.39, 0.29) is 5.69 Å². The van der Waals surface area contributed by atoms with Crippen molar-refractivity contribution >= 4 is 23.0 Å². The van der Waals surface area contributed by atoms with Gasteiger partial charge in [-0.25, -0.2) is 9.67 Å². The Bertz CT molecular complexity index is 638. The summed E-state index contributed by atoms with van der Waals surface area (Å²) in [5, 5.41) is 15.3. The number of anilines is 1. The number of nitro groups is 1. The van der Waals surface area contributed by atoms with E-state index in [0.29, 0.717) is 11.1 Å². The van der Waals surface area contributed by atoms with Gasteiger partial charge in [0.2, 0.25) is 0 Å². The molecule has 2 aromatic rings. The number of non-ortho nitro benzene ring substituents is 1. The first kappa shape index (κ1) is 13.8. The van der Waals surface area contributed by atoms with Crippen molar-refractivity contribution in [3.05, 3.63) is 46.0 Å². The van der Waals surface area contributed by atoms with Crippen molar-refractivity contribution in [2.24, 2.45) is 0 Å². The van der Waals surface area contributed by atoms with Crippen molar-refractivity contribution in [2.45, 2.75) is 18.9 Å². The summed E-state index contributed by atoms with van der Waals surface area (Å²) < 4.78 is 1.88. The third-order valence-electron chi connectivity index (χ3n) is 3.76. The van der Waals surface area contributed by atoms with Crippen LogP contribution >= 0.6 is 11.6 Å². The number of piperidine rings is 1. The van der Waals surface area contributed by atoms with Gasteiger partial charge in [-0.3, -0.25) is 10.1 Å². The number of aromatic nitrogens is 3. The fourth-order valence-corrected chi connectivity index (χ4v) is 2.94. The van der Waals surface area contributed by atoms with Gasteiger partial charge < -0.3 is 4.90 Å². The molecule has 8 heteroatoms. The Kier molecular flexibility index (Phi) is 3.74. The van der Waals surface area contributed by atoms with Crippen LogP contribution in [0.25, 0.3) is 0 Å². The zero-order valence-corrected chi connectivity index (χ0v) is 12.0. The number of halogens is 1. The van der Waals surface area contributed by atoms with Crippen LogP contribution in [0.15, 0.2) is 30.9 Å². The maximum atomic E-state index is 10.7. The monoisotopic (exact) mass is 307 g/mol. The molecule has 0 aliphatic carbocycles. The molecular weight excluding hydrogens is 294 g/mol. The molecule has 1 aromatic carbocycles. The number of nitro benzene ring substituents is 1. The molecule has 0 radical (unpaired) electrons. The van der Waals surface area contributed by atoms with Crippen LogP contribution in [0.3, 0.4) is 0 Å². The second-order valence-electron chi connectivity index (χ2n) is 4.99. The van der Waals surface area contributed by atoms with Crippen LogP contribution in [-0.2, 0) is 0 Å². The molecule has 3 rings (SSSR count). The van der Waals surface area contributed by atoms with Crippen LogP contribution in [-0.4, -0.2) is 32.8 Å². The number of hydrogen-bond acceptors (Lipinski definition) is 5. The number of nitrogens with zero attached hydrogens (tertiary/aromatic N) is 5. The standard InChI is InChI=1S/C13H14ClN5O2/c14-12-7-11(19(20)21)1-2-13(12)17-5-3-10(4-6-17)18-9-15-8-16-18/h1-2,7-10H,3-6H2. The van der Waals surface area contributed by atoms with Crippen molar-refractivity contribution in [3.8, 4) is 0 Å². The van der Waals surface area contributed by atoms with Gasteiger partial charge in [-0.2, -0.15) is 5.10 Å². The number of hydrogen-bond donors (Lipinski definition) is 0. The molecule has 0 bridgehead atoms. The SMILES string of the molecule is O=[N+]([O-])c1ccc(N2CCC(n3cncn3)CC2)c(Cl)c1. The van der Waals surface area contributed by atoms with Crippen LogP contribution in [0.1, 0.15) is 18.9 Å². The van der Waals surface area contributed by atoms with E-state index in [9.17, 15) is 10.1 Å². The van der Waals surface area contributed by atoms with Crippen LogP contribution in [0.2, 0.25) is 5.02 Å². The fourth-order valence-electron chi connectivity index (χ4n) is 2.64. The molecule has 7 nitrogen and oxygen atoms in total. The molecule has 110 valence electrons. The summed E-state index contributed by atoms with van der Waals surface area (Å²) in [7, 11) is 0. The van der Waals surface area contributed by atoms with E-state index in [1.165, 1.54) is 12.1 Å². The fraction of sp³-hybridized carbons (Fsp3) is 0.385. The largest absolute Gasteiger partial charge is 0.370 e. The molecule has 0 saturated carbocycles. The summed E-state index contributed by atoms with van der Waals surface area (Å²) in [5.74, 6) is 0. The van der Waals surface area contributed by atoms with E-state index in [1.54, 1.807) is 18.7 Å². The van der Waals surface area contributed by atoms with Crippen LogP contribution in [0, 0.1) is 10.1 Å². The summed E-state index contributed by atoms with van der Waals surface area (Å²) in [5.41, 5.74) is 0.862. The van der Waals surface area contributed by atoms with Gasteiger partial charge in [0.15, 0.2) is 0 Å². The third-order valence-corrected chi connectivity index (χ3v) is 4.06. The smallest absolute Gasteiger partial charge is 0.271 e. The molecule has 0 atom stereocenters. The highest BCUT2D eigenvalue weighted by Gasteiger charge is 2.23. The van der Waals surface area contributed by atoms with Crippen LogP contribution < -0.4 is 4.90 Å². The van der Waals surface area contributed by atoms with Gasteiger partial charge in [-0.1, -0.05) is 11.6 Å². The first-order valence-corrected chi connectivity index (χ1v) is 7.06. The molecule has 0 unspecified atom stereocenters. The van der Waals surface area contributed by atoms with Gasteiger partial charge in [0.25, 0.3) is 5.69 Å². The molecular formula is C13H14ClN5O2. The Balaban J connectivity index is 1.71. The Morgan fingerprint density at radius 2 is 2.10 bits per heavy atom. The lowest BCUT2D eigenvalue weighted by molar-refractivity contribution is -0.384. The van der Waals surface area contributed by atoms with Crippen molar-refractivity contribution in [1.82, 2.24) is 14.8 Å². The van der Waals surface area contributed by atoms with E-state index in [2.05, 4.69) is 15.0 Å². The lowest BCUT2D eigenvalue weighted by Gasteiger charge is -2.33.